The number of rotatable bonds is 5. The SMILES string of the molecule is CC(=O)N1CCc2c(nc(-c3ccncc3)nc2NC(CO)CO)C1. The predicted molar refractivity (Wildman–Crippen MR) is 91.6 cm³/mol. The van der Waals surface area contributed by atoms with E-state index in [1.165, 1.54) is 0 Å². The normalized spacial score (nSPS) is 13.7. The predicted octanol–water partition coefficient (Wildman–Crippen LogP) is 0.208. The molecule has 0 atom stereocenters. The lowest BCUT2D eigenvalue weighted by atomic mass is 10.0. The van der Waals surface area contributed by atoms with E-state index in [0.717, 1.165) is 16.8 Å². The molecule has 1 amide bonds. The van der Waals surface area contributed by atoms with Gasteiger partial charge >= 0.3 is 0 Å². The zero-order chi connectivity index (χ0) is 17.8. The van der Waals surface area contributed by atoms with Gasteiger partial charge in [0.2, 0.25) is 5.91 Å². The van der Waals surface area contributed by atoms with Gasteiger partial charge in [-0.25, -0.2) is 9.97 Å². The Balaban J connectivity index is 2.04. The molecule has 3 rings (SSSR count). The van der Waals surface area contributed by atoms with Crippen LogP contribution in [0, 0.1) is 0 Å². The van der Waals surface area contributed by atoms with Gasteiger partial charge in [-0.05, 0) is 18.6 Å². The molecule has 0 saturated carbocycles. The Morgan fingerprint density at radius 2 is 2.00 bits per heavy atom. The van der Waals surface area contributed by atoms with Crippen molar-refractivity contribution in [1.82, 2.24) is 19.9 Å². The van der Waals surface area contributed by atoms with Crippen LogP contribution in [0.25, 0.3) is 11.4 Å². The lowest BCUT2D eigenvalue weighted by Gasteiger charge is -2.29. The summed E-state index contributed by atoms with van der Waals surface area (Å²) < 4.78 is 0. The molecule has 8 nitrogen and oxygen atoms in total. The quantitative estimate of drug-likeness (QED) is 0.711. The fourth-order valence-electron chi connectivity index (χ4n) is 2.79. The molecule has 3 N–H and O–H groups in total. The Kier molecular flexibility index (Phi) is 5.20. The molecule has 2 aromatic heterocycles. The van der Waals surface area contributed by atoms with Gasteiger partial charge in [0.1, 0.15) is 5.82 Å². The molecule has 0 radical (unpaired) electrons. The average molecular weight is 343 g/mol. The van der Waals surface area contributed by atoms with Crippen molar-refractivity contribution in [2.24, 2.45) is 0 Å². The van der Waals surface area contributed by atoms with Crippen molar-refractivity contribution in [3.05, 3.63) is 35.8 Å². The van der Waals surface area contributed by atoms with E-state index >= 15 is 0 Å². The first-order valence-electron chi connectivity index (χ1n) is 8.16. The molecule has 3 heterocycles. The maximum absolute atomic E-state index is 11.7. The van der Waals surface area contributed by atoms with Gasteiger partial charge in [-0.3, -0.25) is 9.78 Å². The number of carbonyl (C=O) groups is 1. The van der Waals surface area contributed by atoms with Crippen molar-refractivity contribution in [2.45, 2.75) is 25.9 Å². The van der Waals surface area contributed by atoms with E-state index < -0.39 is 6.04 Å². The zero-order valence-corrected chi connectivity index (χ0v) is 14.0. The summed E-state index contributed by atoms with van der Waals surface area (Å²) in [6.07, 6.45) is 3.95. The molecule has 0 fully saturated rings. The molecule has 8 heteroatoms. The number of amides is 1. The summed E-state index contributed by atoms with van der Waals surface area (Å²) in [5.41, 5.74) is 2.51. The topological polar surface area (TPSA) is 111 Å². The third-order valence-corrected chi connectivity index (χ3v) is 4.23. The van der Waals surface area contributed by atoms with Gasteiger partial charge in [-0.15, -0.1) is 0 Å². The second kappa shape index (κ2) is 7.54. The maximum atomic E-state index is 11.7. The summed E-state index contributed by atoms with van der Waals surface area (Å²) in [4.78, 5) is 26.7. The van der Waals surface area contributed by atoms with E-state index in [0.29, 0.717) is 31.2 Å². The number of nitrogens with zero attached hydrogens (tertiary/aromatic N) is 4. The number of aliphatic hydroxyl groups excluding tert-OH is 2. The Morgan fingerprint density at radius 3 is 2.64 bits per heavy atom. The molecule has 0 bridgehead atoms. The van der Waals surface area contributed by atoms with Crippen molar-refractivity contribution in [3.8, 4) is 11.4 Å². The van der Waals surface area contributed by atoms with Crippen LogP contribution in [0.2, 0.25) is 0 Å². The number of carbonyl (C=O) groups excluding carboxylic acids is 1. The summed E-state index contributed by atoms with van der Waals surface area (Å²) in [7, 11) is 0. The summed E-state index contributed by atoms with van der Waals surface area (Å²) in [6.45, 7) is 2.14. The largest absolute Gasteiger partial charge is 0.394 e. The fraction of sp³-hybridized carbons (Fsp3) is 0.412. The van der Waals surface area contributed by atoms with Crippen molar-refractivity contribution in [3.63, 3.8) is 0 Å². The summed E-state index contributed by atoms with van der Waals surface area (Å²) >= 11 is 0. The van der Waals surface area contributed by atoms with Crippen LogP contribution in [-0.2, 0) is 17.8 Å². The smallest absolute Gasteiger partial charge is 0.219 e. The Morgan fingerprint density at radius 1 is 1.28 bits per heavy atom. The number of fused-ring (bicyclic) bond motifs is 1. The van der Waals surface area contributed by atoms with Crippen LogP contribution in [0.1, 0.15) is 18.2 Å². The Bertz CT molecular complexity index is 749. The highest BCUT2D eigenvalue weighted by molar-refractivity contribution is 5.74. The molecule has 2 aromatic rings. The molecule has 0 unspecified atom stereocenters. The van der Waals surface area contributed by atoms with E-state index in [2.05, 4.69) is 20.3 Å². The van der Waals surface area contributed by atoms with Crippen LogP contribution in [-0.4, -0.2) is 61.8 Å². The number of aromatic nitrogens is 3. The minimum atomic E-state index is -0.505. The highest BCUT2D eigenvalue weighted by Gasteiger charge is 2.25. The van der Waals surface area contributed by atoms with Crippen LogP contribution in [0.3, 0.4) is 0 Å². The molecule has 132 valence electrons. The van der Waals surface area contributed by atoms with Crippen LogP contribution < -0.4 is 5.32 Å². The average Bonchev–Trinajstić information content (AvgIpc) is 2.65. The number of anilines is 1. The van der Waals surface area contributed by atoms with E-state index in [1.54, 1.807) is 24.2 Å². The van der Waals surface area contributed by atoms with Gasteiger partial charge in [-0.1, -0.05) is 0 Å². The van der Waals surface area contributed by atoms with E-state index in [4.69, 9.17) is 0 Å². The molecular weight excluding hydrogens is 322 g/mol. The first-order valence-corrected chi connectivity index (χ1v) is 8.16. The van der Waals surface area contributed by atoms with Gasteiger partial charge < -0.3 is 20.4 Å². The lowest BCUT2D eigenvalue weighted by molar-refractivity contribution is -0.129. The monoisotopic (exact) mass is 343 g/mol. The zero-order valence-electron chi connectivity index (χ0n) is 14.0. The second-order valence-corrected chi connectivity index (χ2v) is 5.95. The van der Waals surface area contributed by atoms with Gasteiger partial charge in [0.05, 0.1) is 31.5 Å². The van der Waals surface area contributed by atoms with Crippen molar-refractivity contribution in [2.75, 3.05) is 25.1 Å². The van der Waals surface area contributed by atoms with Gasteiger partial charge in [-0.2, -0.15) is 0 Å². The summed E-state index contributed by atoms with van der Waals surface area (Å²) in [5, 5.41) is 21.8. The van der Waals surface area contributed by atoms with Gasteiger partial charge in [0.25, 0.3) is 0 Å². The number of hydrogen-bond acceptors (Lipinski definition) is 7. The van der Waals surface area contributed by atoms with Crippen LogP contribution in [0.4, 0.5) is 5.82 Å². The minimum absolute atomic E-state index is 0.00725. The third kappa shape index (κ3) is 3.75. The highest BCUT2D eigenvalue weighted by atomic mass is 16.3. The summed E-state index contributed by atoms with van der Waals surface area (Å²) in [6, 6.07) is 3.12. The Hall–Kier alpha value is -2.58. The molecule has 1 aliphatic heterocycles. The first-order chi connectivity index (χ1) is 12.1. The molecule has 1 aliphatic rings. The maximum Gasteiger partial charge on any atom is 0.219 e. The molecular formula is C17H21N5O3. The van der Waals surface area contributed by atoms with Gasteiger partial charge in [0, 0.05) is 37.0 Å². The Labute approximate surface area is 145 Å². The number of aliphatic hydroxyl groups is 2. The lowest BCUT2D eigenvalue weighted by Crippen LogP contribution is -2.36. The van der Waals surface area contributed by atoms with Crippen LogP contribution in [0.15, 0.2) is 24.5 Å². The standard InChI is InChI=1S/C17H21N5O3/c1-11(25)22-7-4-14-15(8-22)20-16(12-2-5-18-6-3-12)21-17(14)19-13(9-23)10-24/h2-3,5-6,13,23-24H,4,7-10H2,1H3,(H,19,20,21). The van der Waals surface area contributed by atoms with Crippen LogP contribution in [0.5, 0.6) is 0 Å². The van der Waals surface area contributed by atoms with Crippen molar-refractivity contribution < 1.29 is 15.0 Å². The summed E-state index contributed by atoms with van der Waals surface area (Å²) in [5.74, 6) is 1.12. The van der Waals surface area contributed by atoms with Crippen molar-refractivity contribution in [1.29, 1.82) is 0 Å². The number of nitrogens with one attached hydrogen (secondary N) is 1. The molecule has 25 heavy (non-hydrogen) atoms. The number of hydrogen-bond donors (Lipinski definition) is 3. The highest BCUT2D eigenvalue weighted by Crippen LogP contribution is 2.27. The van der Waals surface area contributed by atoms with E-state index in [9.17, 15) is 15.0 Å². The van der Waals surface area contributed by atoms with Crippen molar-refractivity contribution >= 4 is 11.7 Å². The van der Waals surface area contributed by atoms with E-state index in [1.807, 2.05) is 12.1 Å². The minimum Gasteiger partial charge on any atom is -0.394 e. The second-order valence-electron chi connectivity index (χ2n) is 5.95. The van der Waals surface area contributed by atoms with Gasteiger partial charge in [0.15, 0.2) is 5.82 Å². The van der Waals surface area contributed by atoms with E-state index in [-0.39, 0.29) is 19.1 Å². The fourth-order valence-corrected chi connectivity index (χ4v) is 2.79. The molecule has 0 aromatic carbocycles. The van der Waals surface area contributed by atoms with Crippen LogP contribution >= 0.6 is 0 Å². The molecule has 0 spiro atoms. The first kappa shape index (κ1) is 17.2. The third-order valence-electron chi connectivity index (χ3n) is 4.23. The molecule has 0 saturated heterocycles. The molecule has 0 aliphatic carbocycles. The number of pyridine rings is 1.